The molecular weight excluding hydrogens is 1230 g/mol. The van der Waals surface area contributed by atoms with Crippen molar-refractivity contribution in [2.45, 2.75) is 277 Å². The topological polar surface area (TPSA) is 206 Å². The quantitative estimate of drug-likeness (QED) is 0.138. The number of aryl methyl sites for hydroxylation is 20. The molecule has 10 aromatic heterocycles. The summed E-state index contributed by atoms with van der Waals surface area (Å²) < 4.78 is 0. The Morgan fingerprint density at radius 2 is 0.440 bits per heavy atom. The summed E-state index contributed by atoms with van der Waals surface area (Å²) >= 11 is 0. The maximum Gasteiger partial charge on any atom is 0.125 e. The molecule has 560 valence electrons. The van der Waals surface area contributed by atoms with Crippen molar-refractivity contribution >= 4 is 0 Å². The van der Waals surface area contributed by atoms with Crippen LogP contribution in [0.25, 0.3) is 0 Å². The van der Waals surface area contributed by atoms with Gasteiger partial charge < -0.3 is 0 Å². The maximum atomic E-state index is 4.17. The second-order valence-electron chi connectivity index (χ2n) is 18.7. The zero-order valence-electron chi connectivity index (χ0n) is 71.0. The minimum absolute atomic E-state index is 0.829. The van der Waals surface area contributed by atoms with Crippen LogP contribution < -0.4 is 0 Å². The van der Waals surface area contributed by atoms with Crippen molar-refractivity contribution in [2.24, 2.45) is 0 Å². The molecule has 0 saturated carbocycles. The van der Waals surface area contributed by atoms with Gasteiger partial charge >= 0.3 is 0 Å². The number of hydrogen-bond acceptors (Lipinski definition) is 16. The van der Waals surface area contributed by atoms with E-state index < -0.39 is 0 Å². The van der Waals surface area contributed by atoms with Gasteiger partial charge in [-0.1, -0.05) is 151 Å². The highest BCUT2D eigenvalue weighted by molar-refractivity contribution is 5.15. The van der Waals surface area contributed by atoms with E-state index in [1.54, 1.807) is 43.4 Å². The molecular formula is C84H144N16. The van der Waals surface area contributed by atoms with Gasteiger partial charge in [-0.3, -0.25) is 49.8 Å². The first-order valence-electron chi connectivity index (χ1n) is 36.0. The first kappa shape index (κ1) is 112. The van der Waals surface area contributed by atoms with E-state index in [0.717, 1.165) is 91.2 Å². The monoisotopic (exact) mass is 1380 g/mol. The Morgan fingerprint density at radius 1 is 0.170 bits per heavy atom. The summed E-state index contributed by atoms with van der Waals surface area (Å²) in [6, 6.07) is 18.1. The molecule has 0 amide bonds. The summed E-state index contributed by atoms with van der Waals surface area (Å²) in [5, 5.41) is 0. The maximum absolute atomic E-state index is 4.17. The van der Waals surface area contributed by atoms with Gasteiger partial charge in [-0.2, -0.15) is 0 Å². The van der Waals surface area contributed by atoms with Crippen LogP contribution in [0.1, 0.15) is 252 Å². The van der Waals surface area contributed by atoms with E-state index in [4.69, 9.17) is 0 Å². The predicted octanol–water partition coefficient (Wildman–Crippen LogP) is 23.6. The van der Waals surface area contributed by atoms with Crippen molar-refractivity contribution < 1.29 is 0 Å². The molecule has 0 unspecified atom stereocenters. The zero-order valence-corrected chi connectivity index (χ0v) is 71.0. The average Bonchev–Trinajstić information content (AvgIpc) is 3.72. The van der Waals surface area contributed by atoms with E-state index >= 15 is 0 Å². The van der Waals surface area contributed by atoms with Crippen LogP contribution >= 0.6 is 0 Å². The molecule has 0 bridgehead atoms. The summed E-state index contributed by atoms with van der Waals surface area (Å²) in [5.74, 6) is 2.50. The molecule has 0 spiro atoms. The third-order valence-electron chi connectivity index (χ3n) is 9.57. The molecule has 10 heterocycles. The van der Waals surface area contributed by atoms with Crippen molar-refractivity contribution in [3.63, 3.8) is 0 Å². The van der Waals surface area contributed by atoms with Crippen molar-refractivity contribution in [1.29, 1.82) is 0 Å². The van der Waals surface area contributed by atoms with E-state index in [1.807, 2.05) is 349 Å². The lowest BCUT2D eigenvalue weighted by Gasteiger charge is -1.90. The van der Waals surface area contributed by atoms with Gasteiger partial charge in [-0.05, 0) is 214 Å². The van der Waals surface area contributed by atoms with Crippen LogP contribution in [-0.4, -0.2) is 79.7 Å². The van der Waals surface area contributed by atoms with Gasteiger partial charge in [0.25, 0.3) is 0 Å². The molecule has 0 atom stereocenters. The van der Waals surface area contributed by atoms with E-state index in [1.165, 1.54) is 22.3 Å². The molecule has 0 aliphatic heterocycles. The second-order valence-corrected chi connectivity index (χ2v) is 18.7. The number of rotatable bonds is 0. The van der Waals surface area contributed by atoms with Crippen LogP contribution in [0.5, 0.6) is 0 Å². The van der Waals surface area contributed by atoms with Crippen LogP contribution in [0.2, 0.25) is 0 Å². The van der Waals surface area contributed by atoms with Gasteiger partial charge in [0.1, 0.15) is 17.5 Å². The summed E-state index contributed by atoms with van der Waals surface area (Å²) in [5.41, 5.74) is 18.4. The largest absolute Gasteiger partial charge is 0.264 e. The Balaban J connectivity index is -0.000000109. The molecule has 10 rings (SSSR count). The Kier molecular flexibility index (Phi) is 96.9. The van der Waals surface area contributed by atoms with Crippen LogP contribution in [0.3, 0.4) is 0 Å². The van der Waals surface area contributed by atoms with Gasteiger partial charge in [0, 0.05) is 121 Å². The standard InChI is InChI=1S/4C7H9N.6C6H8N2.10C2H6/c1-6-3-7(2)5-8-4-6;2*1-6-3-4-8-7(2)5-6;1-6-4-3-5-7(2)8-6;2*1-5-3-8-6(2)4-7-5;1-5-3-7-4-6(2)8-5;2*1-5-3-7-6(2)8-4-5;1-5-3-4-7-6(2)8-5;10*1-2/h4*3-5H,1-2H3;6*3-4H,1-2H3;10*1-2H3. The lowest BCUT2D eigenvalue weighted by atomic mass is 10.2. The zero-order chi connectivity index (χ0) is 79.8. The molecule has 0 aliphatic rings. The van der Waals surface area contributed by atoms with Gasteiger partial charge in [0.15, 0.2) is 0 Å². The smallest absolute Gasteiger partial charge is 0.125 e. The minimum Gasteiger partial charge on any atom is -0.264 e. The van der Waals surface area contributed by atoms with Crippen LogP contribution in [0.4, 0.5) is 0 Å². The van der Waals surface area contributed by atoms with E-state index in [-0.39, 0.29) is 0 Å². The Labute approximate surface area is 614 Å². The highest BCUT2D eigenvalue weighted by Gasteiger charge is 1.89. The minimum atomic E-state index is 0.829. The fourth-order valence-corrected chi connectivity index (χ4v) is 5.75. The van der Waals surface area contributed by atoms with E-state index in [2.05, 4.69) is 112 Å². The van der Waals surface area contributed by atoms with Crippen molar-refractivity contribution in [1.82, 2.24) is 79.7 Å². The van der Waals surface area contributed by atoms with Crippen molar-refractivity contribution in [2.75, 3.05) is 0 Å². The predicted molar refractivity (Wildman–Crippen MR) is 437 cm³/mol. The molecule has 16 heteroatoms. The summed E-state index contributed by atoms with van der Waals surface area (Å²) in [6.45, 7) is 79.3. The van der Waals surface area contributed by atoms with Gasteiger partial charge in [0.05, 0.1) is 34.2 Å². The number of nitrogens with zero attached hydrogens (tertiary/aromatic N) is 16. The first-order valence-corrected chi connectivity index (χ1v) is 36.0. The van der Waals surface area contributed by atoms with E-state index in [9.17, 15) is 0 Å². The summed E-state index contributed by atoms with van der Waals surface area (Å²) in [7, 11) is 0. The highest BCUT2D eigenvalue weighted by atomic mass is 14.9. The lowest BCUT2D eigenvalue weighted by molar-refractivity contribution is 1.01. The second kappa shape index (κ2) is 86.2. The third-order valence-corrected chi connectivity index (χ3v) is 9.57. The fourth-order valence-electron chi connectivity index (χ4n) is 5.75. The van der Waals surface area contributed by atoms with E-state index in [0.29, 0.717) is 0 Å². The number of hydrogen-bond donors (Lipinski definition) is 0. The first-order chi connectivity index (χ1) is 47.9. The Bertz CT molecular complexity index is 2510. The average molecular weight is 1380 g/mol. The highest BCUT2D eigenvalue weighted by Crippen LogP contribution is 2.00. The van der Waals surface area contributed by atoms with Crippen LogP contribution in [0.15, 0.2) is 148 Å². The van der Waals surface area contributed by atoms with Crippen LogP contribution in [-0.2, 0) is 0 Å². The number of pyridine rings is 4. The molecule has 0 N–H and O–H groups in total. The molecule has 10 aromatic rings. The SMILES string of the molecule is CC.CC.CC.CC.CC.CC.CC.CC.CC.CC.Cc1cccc(C)n1.Cc1ccnc(C)c1.Cc1ccnc(C)c1.Cc1ccnc(C)n1.Cc1cnc(C)cn1.Cc1cnc(C)cn1.Cc1cnc(C)nc1.Cc1cnc(C)nc1.Cc1cncc(C)c1.Cc1cncc(C)n1. The summed E-state index contributed by atoms with van der Waals surface area (Å²) in [6.07, 6.45) is 26.9. The molecule has 0 aliphatic carbocycles. The van der Waals surface area contributed by atoms with Gasteiger partial charge in [-0.15, -0.1) is 0 Å². The van der Waals surface area contributed by atoms with Crippen molar-refractivity contribution in [3.8, 4) is 0 Å². The van der Waals surface area contributed by atoms with Crippen LogP contribution in [0, 0.1) is 138 Å². The summed E-state index contributed by atoms with van der Waals surface area (Å²) in [4.78, 5) is 64.2. The molecule has 0 fully saturated rings. The molecule has 16 nitrogen and oxygen atoms in total. The fraction of sp³-hybridized carbons (Fsp3) is 0.476. The van der Waals surface area contributed by atoms with Crippen molar-refractivity contribution in [3.05, 3.63) is 261 Å². The molecule has 0 radical (unpaired) electrons. The Morgan fingerprint density at radius 3 is 0.610 bits per heavy atom. The third kappa shape index (κ3) is 83.3. The Hall–Kier alpha value is -8.92. The van der Waals surface area contributed by atoms with Gasteiger partial charge in [-0.25, -0.2) is 29.9 Å². The molecule has 0 aromatic carbocycles. The normalized spacial score (nSPS) is 8.00. The molecule has 0 saturated heterocycles. The lowest BCUT2D eigenvalue weighted by Crippen LogP contribution is -1.86. The molecule has 100 heavy (non-hydrogen) atoms. The number of aromatic nitrogens is 16. The van der Waals surface area contributed by atoms with Gasteiger partial charge in [0.2, 0.25) is 0 Å².